The van der Waals surface area contributed by atoms with Crippen LogP contribution in [0.5, 0.6) is 0 Å². The molecule has 0 heterocycles. The number of fused-ring (bicyclic) bond motifs is 4. The summed E-state index contributed by atoms with van der Waals surface area (Å²) in [5, 5.41) is 0. The summed E-state index contributed by atoms with van der Waals surface area (Å²) in [6, 6.07) is 46.3. The Morgan fingerprint density at radius 2 is 1.02 bits per heavy atom. The molecule has 0 saturated heterocycles. The van der Waals surface area contributed by atoms with Crippen LogP contribution in [0.2, 0.25) is 0 Å². The summed E-state index contributed by atoms with van der Waals surface area (Å²) in [5.74, 6) is 0.368. The highest BCUT2D eigenvalue weighted by atomic mass is 14.6. The minimum absolute atomic E-state index is 0.166. The fourth-order valence-corrected chi connectivity index (χ4v) is 7.80. The number of hydrogen-bond acceptors (Lipinski definition) is 0. The van der Waals surface area contributed by atoms with Gasteiger partial charge in [0.2, 0.25) is 0 Å². The molecule has 1 atom stereocenters. The van der Waals surface area contributed by atoms with Crippen molar-refractivity contribution in [2.45, 2.75) is 50.9 Å². The van der Waals surface area contributed by atoms with E-state index < -0.39 is 0 Å². The Kier molecular flexibility index (Phi) is 6.08. The third kappa shape index (κ3) is 3.59. The number of hydrogen-bond donors (Lipinski definition) is 0. The molecule has 0 saturated carbocycles. The lowest BCUT2D eigenvalue weighted by atomic mass is 9.54. The van der Waals surface area contributed by atoms with Gasteiger partial charge in [0.05, 0.1) is 0 Å². The molecule has 0 spiro atoms. The molecule has 40 heavy (non-hydrogen) atoms. The van der Waals surface area contributed by atoms with Crippen LogP contribution in [-0.2, 0) is 18.3 Å². The number of allylic oxidation sites excluding steroid dienone is 1. The largest absolute Gasteiger partial charge is 0.0639 e. The van der Waals surface area contributed by atoms with Crippen LogP contribution in [0.15, 0.2) is 127 Å². The predicted octanol–water partition coefficient (Wildman–Crippen LogP) is 10.1. The molecule has 0 amide bonds. The SMILES string of the molecule is CCc1ccc2c(c1)C(C(c1ccccc1)(c1ccccc1)C1C(C)=Cc3ccccc31)c1cc(CC)ccc1-2. The van der Waals surface area contributed by atoms with Gasteiger partial charge in [-0.05, 0) is 75.4 Å². The average molecular weight is 517 g/mol. The topological polar surface area (TPSA) is 0 Å². The van der Waals surface area contributed by atoms with E-state index in [9.17, 15) is 0 Å². The molecule has 0 heteroatoms. The average Bonchev–Trinajstić information content (AvgIpc) is 3.52. The highest BCUT2D eigenvalue weighted by Crippen LogP contribution is 2.64. The second-order valence-corrected chi connectivity index (χ2v) is 11.5. The van der Waals surface area contributed by atoms with Gasteiger partial charge in [0.15, 0.2) is 0 Å². The number of benzene rings is 5. The van der Waals surface area contributed by atoms with E-state index in [0.717, 1.165) is 12.8 Å². The fourth-order valence-electron chi connectivity index (χ4n) is 7.80. The smallest absolute Gasteiger partial charge is 0.0418 e. The lowest BCUT2D eigenvalue weighted by Crippen LogP contribution is -2.41. The number of rotatable bonds is 6. The Hall–Kier alpha value is -4.16. The van der Waals surface area contributed by atoms with Gasteiger partial charge in [-0.3, -0.25) is 0 Å². The lowest BCUT2D eigenvalue weighted by Gasteiger charge is -2.47. The van der Waals surface area contributed by atoms with Gasteiger partial charge in [0.25, 0.3) is 0 Å². The van der Waals surface area contributed by atoms with Gasteiger partial charge < -0.3 is 0 Å². The van der Waals surface area contributed by atoms with E-state index in [1.165, 1.54) is 61.2 Å². The maximum atomic E-state index is 2.52. The van der Waals surface area contributed by atoms with E-state index in [2.05, 4.69) is 148 Å². The van der Waals surface area contributed by atoms with Crippen molar-refractivity contribution in [1.82, 2.24) is 0 Å². The van der Waals surface area contributed by atoms with Crippen LogP contribution in [0.25, 0.3) is 17.2 Å². The second-order valence-electron chi connectivity index (χ2n) is 11.5. The zero-order chi connectivity index (χ0) is 27.3. The van der Waals surface area contributed by atoms with Crippen LogP contribution < -0.4 is 0 Å². The summed E-state index contributed by atoms with van der Waals surface area (Å²) in [4.78, 5) is 0. The normalized spacial score (nSPS) is 15.9. The first-order valence-electron chi connectivity index (χ1n) is 14.8. The maximum Gasteiger partial charge on any atom is 0.0418 e. The quantitative estimate of drug-likeness (QED) is 0.211. The molecule has 0 aromatic heterocycles. The van der Waals surface area contributed by atoms with Crippen LogP contribution in [0, 0.1) is 0 Å². The summed E-state index contributed by atoms with van der Waals surface area (Å²) < 4.78 is 0. The van der Waals surface area contributed by atoms with Crippen LogP contribution in [0.3, 0.4) is 0 Å². The fraction of sp³-hybridized carbons (Fsp3) is 0.200. The minimum Gasteiger partial charge on any atom is -0.0639 e. The van der Waals surface area contributed by atoms with Crippen molar-refractivity contribution in [2.24, 2.45) is 0 Å². The van der Waals surface area contributed by atoms with E-state index >= 15 is 0 Å². The molecule has 5 aromatic carbocycles. The van der Waals surface area contributed by atoms with Crippen LogP contribution in [-0.4, -0.2) is 0 Å². The summed E-state index contributed by atoms with van der Waals surface area (Å²) in [5.41, 5.74) is 15.2. The van der Waals surface area contributed by atoms with E-state index in [1.807, 2.05) is 0 Å². The Morgan fingerprint density at radius 3 is 1.55 bits per heavy atom. The zero-order valence-electron chi connectivity index (χ0n) is 23.7. The van der Waals surface area contributed by atoms with Crippen molar-refractivity contribution in [3.05, 3.63) is 171 Å². The lowest BCUT2D eigenvalue weighted by molar-refractivity contribution is 0.405. The standard InChI is InChI=1S/C40H36/c1-4-28-20-22-34-35-23-21-29(5-2)26-37(35)39(36(34)25-28)40(31-15-8-6-9-16-31,32-17-10-7-11-18-32)38-27(3)24-30-14-12-13-19-33(30)38/h6-26,38-39H,4-5H2,1-3H3. The molecule has 2 aliphatic rings. The molecule has 7 rings (SSSR count). The Bertz CT molecular complexity index is 1630. The van der Waals surface area contributed by atoms with Gasteiger partial charge in [-0.25, -0.2) is 0 Å². The van der Waals surface area contributed by atoms with E-state index in [4.69, 9.17) is 0 Å². The van der Waals surface area contributed by atoms with Crippen molar-refractivity contribution < 1.29 is 0 Å². The first-order valence-corrected chi connectivity index (χ1v) is 14.8. The van der Waals surface area contributed by atoms with Crippen molar-refractivity contribution in [1.29, 1.82) is 0 Å². The molecular weight excluding hydrogens is 480 g/mol. The van der Waals surface area contributed by atoms with Crippen molar-refractivity contribution in [2.75, 3.05) is 0 Å². The third-order valence-electron chi connectivity index (χ3n) is 9.52. The molecule has 0 radical (unpaired) electrons. The van der Waals surface area contributed by atoms with Gasteiger partial charge in [0, 0.05) is 17.3 Å². The molecule has 0 aliphatic heterocycles. The van der Waals surface area contributed by atoms with Crippen molar-refractivity contribution in [3.63, 3.8) is 0 Å². The van der Waals surface area contributed by atoms with Gasteiger partial charge in [-0.2, -0.15) is 0 Å². The maximum absolute atomic E-state index is 2.52. The molecule has 1 unspecified atom stereocenters. The summed E-state index contributed by atoms with van der Waals surface area (Å²) in [7, 11) is 0. The van der Waals surface area contributed by atoms with Crippen LogP contribution >= 0.6 is 0 Å². The van der Waals surface area contributed by atoms with Gasteiger partial charge in [-0.15, -0.1) is 0 Å². The van der Waals surface area contributed by atoms with Gasteiger partial charge >= 0.3 is 0 Å². The third-order valence-corrected chi connectivity index (χ3v) is 9.52. The monoisotopic (exact) mass is 516 g/mol. The summed E-state index contributed by atoms with van der Waals surface area (Å²) >= 11 is 0. The Morgan fingerprint density at radius 1 is 0.525 bits per heavy atom. The molecule has 2 aliphatic carbocycles. The highest BCUT2D eigenvalue weighted by Gasteiger charge is 2.54. The van der Waals surface area contributed by atoms with Crippen molar-refractivity contribution in [3.8, 4) is 11.1 Å². The van der Waals surface area contributed by atoms with Gasteiger partial charge in [-0.1, -0.05) is 147 Å². The van der Waals surface area contributed by atoms with Crippen molar-refractivity contribution >= 4 is 6.08 Å². The summed E-state index contributed by atoms with van der Waals surface area (Å²) in [6.07, 6.45) is 4.50. The first kappa shape index (κ1) is 24.9. The minimum atomic E-state index is -0.339. The van der Waals surface area contributed by atoms with Gasteiger partial charge in [0.1, 0.15) is 0 Å². The Labute approximate surface area is 239 Å². The summed E-state index contributed by atoms with van der Waals surface area (Å²) in [6.45, 7) is 6.90. The molecule has 0 nitrogen and oxygen atoms in total. The molecule has 0 N–H and O–H groups in total. The van der Waals surface area contributed by atoms with Crippen LogP contribution in [0.1, 0.15) is 77.1 Å². The van der Waals surface area contributed by atoms with E-state index in [1.54, 1.807) is 0 Å². The van der Waals surface area contributed by atoms with E-state index in [-0.39, 0.29) is 17.3 Å². The highest BCUT2D eigenvalue weighted by molar-refractivity contribution is 5.83. The Balaban J connectivity index is 1.66. The van der Waals surface area contributed by atoms with Crippen LogP contribution in [0.4, 0.5) is 0 Å². The first-order chi connectivity index (χ1) is 19.7. The molecule has 0 bridgehead atoms. The molecule has 0 fully saturated rings. The zero-order valence-corrected chi connectivity index (χ0v) is 23.7. The number of aryl methyl sites for hydroxylation is 2. The predicted molar refractivity (Wildman–Crippen MR) is 169 cm³/mol. The molecular formula is C40H36. The molecule has 5 aromatic rings. The van der Waals surface area contributed by atoms with E-state index in [0.29, 0.717) is 0 Å². The second kappa shape index (κ2) is 9.79. The molecule has 196 valence electrons.